The Morgan fingerprint density at radius 1 is 1.07 bits per heavy atom. The molecule has 1 atom stereocenters. The first-order valence-corrected chi connectivity index (χ1v) is 9.09. The molecular formula is C24H25NO2. The monoisotopic (exact) mass is 359 g/mol. The largest absolute Gasteiger partial charge is 0.461 e. The van der Waals surface area contributed by atoms with Gasteiger partial charge in [-0.25, -0.2) is 4.79 Å². The Kier molecular flexibility index (Phi) is 7.58. The third kappa shape index (κ3) is 4.74. The number of carbonyl (C=O) groups is 1. The van der Waals surface area contributed by atoms with E-state index in [1.54, 1.807) is 0 Å². The van der Waals surface area contributed by atoms with Crippen molar-refractivity contribution in [1.29, 1.82) is 5.26 Å². The van der Waals surface area contributed by atoms with Crippen LogP contribution in [0.4, 0.5) is 0 Å². The first-order chi connectivity index (χ1) is 13.2. The molecule has 1 unspecified atom stereocenters. The van der Waals surface area contributed by atoms with Crippen molar-refractivity contribution in [2.75, 3.05) is 6.61 Å². The van der Waals surface area contributed by atoms with Gasteiger partial charge in [0.1, 0.15) is 6.61 Å². The third-order valence-corrected chi connectivity index (χ3v) is 4.87. The second-order valence-corrected chi connectivity index (χ2v) is 6.40. The summed E-state index contributed by atoms with van der Waals surface area (Å²) in [5.74, 6) is -1.05. The lowest BCUT2D eigenvalue weighted by Crippen LogP contribution is -2.39. The predicted molar refractivity (Wildman–Crippen MR) is 108 cm³/mol. The van der Waals surface area contributed by atoms with Crippen molar-refractivity contribution < 1.29 is 9.53 Å². The Balaban J connectivity index is 2.58. The van der Waals surface area contributed by atoms with Crippen LogP contribution in [0.3, 0.4) is 0 Å². The van der Waals surface area contributed by atoms with Crippen LogP contribution in [0.2, 0.25) is 0 Å². The van der Waals surface area contributed by atoms with E-state index in [0.29, 0.717) is 0 Å². The van der Waals surface area contributed by atoms with Crippen LogP contribution in [0.25, 0.3) is 0 Å². The van der Waals surface area contributed by atoms with Crippen LogP contribution < -0.4 is 0 Å². The maximum absolute atomic E-state index is 11.6. The van der Waals surface area contributed by atoms with Crippen molar-refractivity contribution in [3.8, 4) is 6.07 Å². The molecule has 0 aliphatic carbocycles. The molecule has 2 aromatic rings. The lowest BCUT2D eigenvalue weighted by Gasteiger charge is -2.39. The molecule has 0 aliphatic rings. The van der Waals surface area contributed by atoms with Crippen LogP contribution in [0.1, 0.15) is 30.4 Å². The van der Waals surface area contributed by atoms with E-state index in [0.717, 1.165) is 36.5 Å². The molecule has 3 nitrogen and oxygen atoms in total. The van der Waals surface area contributed by atoms with Gasteiger partial charge >= 0.3 is 5.97 Å². The molecule has 0 amide bonds. The van der Waals surface area contributed by atoms with E-state index >= 15 is 0 Å². The maximum Gasteiger partial charge on any atom is 0.330 e. The zero-order chi connectivity index (χ0) is 19.5. The molecule has 0 saturated heterocycles. The van der Waals surface area contributed by atoms with Gasteiger partial charge in [-0.3, -0.25) is 0 Å². The van der Waals surface area contributed by atoms with Gasteiger partial charge in [0.25, 0.3) is 0 Å². The zero-order valence-corrected chi connectivity index (χ0v) is 15.5. The number of carbonyl (C=O) groups excluding carboxylic acids is 1. The Morgan fingerprint density at radius 2 is 1.63 bits per heavy atom. The Morgan fingerprint density at radius 3 is 2.07 bits per heavy atom. The SMILES string of the molecule is C=CCCCC(c1ccccc1)(c1ccccc1)C(C#N)COC(=O)C=C. The number of benzene rings is 2. The predicted octanol–water partition coefficient (Wildman–Crippen LogP) is 5.20. The number of rotatable bonds is 10. The average Bonchev–Trinajstić information content (AvgIpc) is 2.73. The summed E-state index contributed by atoms with van der Waals surface area (Å²) in [4.78, 5) is 11.6. The van der Waals surface area contributed by atoms with Gasteiger partial charge in [0.05, 0.1) is 12.0 Å². The lowest BCUT2D eigenvalue weighted by atomic mass is 9.63. The smallest absolute Gasteiger partial charge is 0.330 e. The second-order valence-electron chi connectivity index (χ2n) is 6.40. The Hall–Kier alpha value is -3.12. The Bertz CT molecular complexity index is 751. The minimum absolute atomic E-state index is 0.0131. The van der Waals surface area contributed by atoms with Crippen LogP contribution in [-0.2, 0) is 14.9 Å². The van der Waals surface area contributed by atoms with Crippen LogP contribution in [-0.4, -0.2) is 12.6 Å². The van der Waals surface area contributed by atoms with Gasteiger partial charge in [0.15, 0.2) is 0 Å². The molecule has 2 aromatic carbocycles. The van der Waals surface area contributed by atoms with Gasteiger partial charge in [0.2, 0.25) is 0 Å². The summed E-state index contributed by atoms with van der Waals surface area (Å²) < 4.78 is 5.30. The first-order valence-electron chi connectivity index (χ1n) is 9.09. The lowest BCUT2D eigenvalue weighted by molar-refractivity contribution is -0.139. The van der Waals surface area contributed by atoms with E-state index in [1.165, 1.54) is 0 Å². The van der Waals surface area contributed by atoms with Crippen LogP contribution in [0.5, 0.6) is 0 Å². The highest BCUT2D eigenvalue weighted by molar-refractivity contribution is 5.81. The molecule has 3 heteroatoms. The topological polar surface area (TPSA) is 50.1 Å². The van der Waals surface area contributed by atoms with Gasteiger partial charge in [-0.1, -0.05) is 73.3 Å². The number of hydrogen-bond acceptors (Lipinski definition) is 3. The van der Waals surface area contributed by atoms with E-state index in [2.05, 4.69) is 19.2 Å². The summed E-state index contributed by atoms with van der Waals surface area (Å²) in [6.45, 7) is 7.26. The molecule has 0 aliphatic heterocycles. The standard InChI is InChI=1S/C24H25NO2/c1-3-5-12-17-24(20-13-8-6-9-14-20,21-15-10-7-11-16-21)22(18-25)19-27-23(26)4-2/h3-4,6-11,13-16,22H,1-2,5,12,17,19H2. The van der Waals surface area contributed by atoms with Crippen LogP contribution in [0, 0.1) is 17.2 Å². The highest BCUT2D eigenvalue weighted by atomic mass is 16.5. The second kappa shape index (κ2) is 10.1. The fraction of sp³-hybridized carbons (Fsp3) is 0.250. The summed E-state index contributed by atoms with van der Waals surface area (Å²) in [6, 6.07) is 22.4. The van der Waals surface area contributed by atoms with Crippen LogP contribution in [0.15, 0.2) is 86.0 Å². The number of nitrogens with zero attached hydrogens (tertiary/aromatic N) is 1. The van der Waals surface area contributed by atoms with Crippen molar-refractivity contribution in [3.05, 3.63) is 97.1 Å². The highest BCUT2D eigenvalue weighted by Gasteiger charge is 2.42. The molecule has 0 aromatic heterocycles. The van der Waals surface area contributed by atoms with E-state index in [1.807, 2.05) is 66.7 Å². The molecule has 0 bridgehead atoms. The molecular weight excluding hydrogens is 334 g/mol. The van der Waals surface area contributed by atoms with Crippen molar-refractivity contribution in [2.45, 2.75) is 24.7 Å². The van der Waals surface area contributed by atoms with Gasteiger partial charge < -0.3 is 4.74 Å². The van der Waals surface area contributed by atoms with E-state index in [9.17, 15) is 10.1 Å². The van der Waals surface area contributed by atoms with Crippen LogP contribution >= 0.6 is 0 Å². The fourth-order valence-electron chi connectivity index (χ4n) is 3.54. The summed E-state index contributed by atoms with van der Waals surface area (Å²) in [5.41, 5.74) is 1.50. The number of allylic oxidation sites excluding steroid dienone is 1. The number of esters is 1. The minimum atomic E-state index is -0.582. The van der Waals surface area contributed by atoms with Crippen molar-refractivity contribution in [1.82, 2.24) is 0 Å². The molecule has 0 saturated carbocycles. The normalized spacial score (nSPS) is 11.8. The number of ether oxygens (including phenoxy) is 1. The van der Waals surface area contributed by atoms with E-state index < -0.39 is 17.3 Å². The molecule has 2 rings (SSSR count). The van der Waals surface area contributed by atoms with Gasteiger partial charge in [-0.15, -0.1) is 6.58 Å². The number of nitriles is 1. The molecule has 0 radical (unpaired) electrons. The summed E-state index contributed by atoms with van der Waals surface area (Å²) >= 11 is 0. The molecule has 27 heavy (non-hydrogen) atoms. The van der Waals surface area contributed by atoms with Crippen molar-refractivity contribution in [2.24, 2.45) is 5.92 Å². The van der Waals surface area contributed by atoms with Crippen molar-refractivity contribution in [3.63, 3.8) is 0 Å². The summed E-state index contributed by atoms with van der Waals surface area (Å²) in [6.07, 6.45) is 5.49. The molecule has 0 fully saturated rings. The molecule has 0 N–H and O–H groups in total. The summed E-state index contributed by atoms with van der Waals surface area (Å²) in [5, 5.41) is 10.0. The third-order valence-electron chi connectivity index (χ3n) is 4.87. The zero-order valence-electron chi connectivity index (χ0n) is 15.5. The molecule has 138 valence electrons. The van der Waals surface area contributed by atoms with Gasteiger partial charge in [-0.05, 0) is 30.4 Å². The Labute approximate surface area is 161 Å². The van der Waals surface area contributed by atoms with E-state index in [-0.39, 0.29) is 6.61 Å². The maximum atomic E-state index is 11.6. The number of hydrogen-bond donors (Lipinski definition) is 0. The van der Waals surface area contributed by atoms with Crippen molar-refractivity contribution >= 4 is 5.97 Å². The summed E-state index contributed by atoms with van der Waals surface area (Å²) in [7, 11) is 0. The fourth-order valence-corrected chi connectivity index (χ4v) is 3.54. The van der Waals surface area contributed by atoms with E-state index in [4.69, 9.17) is 4.74 Å². The minimum Gasteiger partial charge on any atom is -0.461 e. The molecule has 0 spiro atoms. The van der Waals surface area contributed by atoms with Gasteiger partial charge in [0, 0.05) is 11.5 Å². The first kappa shape index (κ1) is 20.2. The quantitative estimate of drug-likeness (QED) is 0.254. The van der Waals surface area contributed by atoms with Gasteiger partial charge in [-0.2, -0.15) is 5.26 Å². The average molecular weight is 359 g/mol. The highest BCUT2D eigenvalue weighted by Crippen LogP contribution is 2.43. The number of unbranched alkanes of at least 4 members (excludes halogenated alkanes) is 1. The molecule has 0 heterocycles.